The van der Waals surface area contributed by atoms with E-state index < -0.39 is 8.03 Å². The number of hydrogen-bond acceptors (Lipinski definition) is 2. The first-order valence-electron chi connectivity index (χ1n) is 3.03. The van der Waals surface area contributed by atoms with E-state index in [4.69, 9.17) is 4.89 Å². The zero-order valence-electron chi connectivity index (χ0n) is 5.65. The van der Waals surface area contributed by atoms with E-state index in [-0.39, 0.29) is 5.30 Å². The van der Waals surface area contributed by atoms with Crippen molar-refractivity contribution in [3.05, 3.63) is 29.8 Å². The average Bonchev–Trinajstić information content (AvgIpc) is 2.04. The van der Waals surface area contributed by atoms with Gasteiger partial charge in [-0.1, -0.05) is 18.2 Å². The molecule has 0 aliphatic rings. The number of carbonyl (C=O) groups excluding carboxylic acids is 1. The van der Waals surface area contributed by atoms with Crippen molar-refractivity contribution in [3.63, 3.8) is 0 Å². The Kier molecular flexibility index (Phi) is 2.58. The lowest BCUT2D eigenvalue weighted by molar-refractivity contribution is 0.112. The summed E-state index contributed by atoms with van der Waals surface area (Å²) >= 11 is 0. The molecule has 0 heterocycles. The molecule has 58 valence electrons. The Labute approximate surface area is 64.5 Å². The minimum Gasteiger partial charge on any atom is -0.343 e. The summed E-state index contributed by atoms with van der Waals surface area (Å²) < 4.78 is 10.6. The molecule has 0 fully saturated rings. The molecule has 11 heavy (non-hydrogen) atoms. The van der Waals surface area contributed by atoms with Crippen LogP contribution in [0.4, 0.5) is 0 Å². The third-order valence-corrected chi connectivity index (χ3v) is 2.23. The Morgan fingerprint density at radius 1 is 1.36 bits per heavy atom. The second-order valence-corrected chi connectivity index (χ2v) is 3.16. The number of aldehydes is 1. The van der Waals surface area contributed by atoms with E-state index in [9.17, 15) is 9.36 Å². The van der Waals surface area contributed by atoms with Gasteiger partial charge in [0.1, 0.15) is 0 Å². The highest BCUT2D eigenvalue weighted by atomic mass is 31.1. The first kappa shape index (κ1) is 8.18. The van der Waals surface area contributed by atoms with Gasteiger partial charge in [0, 0.05) is 10.9 Å². The van der Waals surface area contributed by atoms with Gasteiger partial charge in [-0.15, -0.1) is 0 Å². The van der Waals surface area contributed by atoms with Gasteiger partial charge in [-0.2, -0.15) is 0 Å². The van der Waals surface area contributed by atoms with E-state index in [1.165, 1.54) is 12.1 Å². The molecule has 0 saturated heterocycles. The largest absolute Gasteiger partial charge is 0.343 e. The number of rotatable bonds is 2. The van der Waals surface area contributed by atoms with E-state index in [0.717, 1.165) is 0 Å². The molecule has 0 spiro atoms. The molecule has 0 aromatic heterocycles. The fourth-order valence-electron chi connectivity index (χ4n) is 0.795. The topological polar surface area (TPSA) is 54.4 Å². The third kappa shape index (κ3) is 1.76. The van der Waals surface area contributed by atoms with Crippen molar-refractivity contribution in [2.45, 2.75) is 0 Å². The molecule has 0 saturated carbocycles. The van der Waals surface area contributed by atoms with Gasteiger partial charge in [0.05, 0.1) is 0 Å². The number of benzene rings is 1. The van der Waals surface area contributed by atoms with Gasteiger partial charge >= 0.3 is 0 Å². The van der Waals surface area contributed by atoms with E-state index in [2.05, 4.69) is 0 Å². The molecule has 1 atom stereocenters. The number of carbonyl (C=O) groups is 1. The fraction of sp³-hybridized carbons (Fsp3) is 0. The summed E-state index contributed by atoms with van der Waals surface area (Å²) in [6.45, 7) is 0. The number of hydrogen-bond donors (Lipinski definition) is 1. The highest BCUT2D eigenvalue weighted by Gasteiger charge is 2.03. The van der Waals surface area contributed by atoms with Crippen molar-refractivity contribution in [3.8, 4) is 0 Å². The van der Waals surface area contributed by atoms with Gasteiger partial charge in [0.25, 0.3) is 0 Å². The summed E-state index contributed by atoms with van der Waals surface area (Å²) in [6.07, 6.45) is 0.577. The Hall–Kier alpha value is -0.920. The predicted octanol–water partition coefficient (Wildman–Crippen LogP) is 0.591. The highest BCUT2D eigenvalue weighted by Crippen LogP contribution is 2.14. The summed E-state index contributed by atoms with van der Waals surface area (Å²) in [7, 11) is -2.74. The molecule has 4 heteroatoms. The Morgan fingerprint density at radius 3 is 2.45 bits per heavy atom. The molecule has 1 aromatic carbocycles. The van der Waals surface area contributed by atoms with E-state index in [1.54, 1.807) is 12.1 Å². The molecule has 0 bridgehead atoms. The molecule has 1 unspecified atom stereocenters. The summed E-state index contributed by atoms with van der Waals surface area (Å²) in [4.78, 5) is 19.0. The predicted molar refractivity (Wildman–Crippen MR) is 42.7 cm³/mol. The molecule has 0 radical (unpaired) electrons. The van der Waals surface area contributed by atoms with E-state index in [0.29, 0.717) is 11.8 Å². The highest BCUT2D eigenvalue weighted by molar-refractivity contribution is 7.47. The summed E-state index contributed by atoms with van der Waals surface area (Å²) in [5.74, 6) is 0. The van der Waals surface area contributed by atoms with Crippen LogP contribution in [0.25, 0.3) is 0 Å². The van der Waals surface area contributed by atoms with Crippen LogP contribution in [-0.4, -0.2) is 11.2 Å². The average molecular weight is 170 g/mol. The van der Waals surface area contributed by atoms with E-state index >= 15 is 0 Å². The van der Waals surface area contributed by atoms with Gasteiger partial charge in [-0.25, -0.2) is 0 Å². The van der Waals surface area contributed by atoms with Crippen molar-refractivity contribution >= 4 is 19.6 Å². The lowest BCUT2D eigenvalue weighted by Crippen LogP contribution is -2.02. The van der Waals surface area contributed by atoms with Gasteiger partial charge in [0.2, 0.25) is 8.03 Å². The van der Waals surface area contributed by atoms with Crippen LogP contribution >= 0.6 is 8.03 Å². The molecule has 3 nitrogen and oxygen atoms in total. The van der Waals surface area contributed by atoms with Gasteiger partial charge in [-0.3, -0.25) is 9.36 Å². The van der Waals surface area contributed by atoms with Crippen LogP contribution in [0.5, 0.6) is 0 Å². The summed E-state index contributed by atoms with van der Waals surface area (Å²) in [5, 5.41) is 0.229. The van der Waals surface area contributed by atoms with Crippen LogP contribution in [0.3, 0.4) is 0 Å². The maximum absolute atomic E-state index is 10.6. The third-order valence-electron chi connectivity index (χ3n) is 1.32. The van der Waals surface area contributed by atoms with Crippen LogP contribution < -0.4 is 5.30 Å². The lowest BCUT2D eigenvalue weighted by atomic mass is 10.2. The first-order chi connectivity index (χ1) is 5.25. The van der Waals surface area contributed by atoms with Crippen molar-refractivity contribution in [1.82, 2.24) is 0 Å². The maximum atomic E-state index is 10.6. The SMILES string of the molecule is O=Cc1ccccc1[PH](=O)O. The molecule has 0 aliphatic heterocycles. The molecule has 0 aliphatic carbocycles. The Balaban J connectivity index is 3.22. The Morgan fingerprint density at radius 2 is 2.00 bits per heavy atom. The maximum Gasteiger partial charge on any atom is 0.218 e. The van der Waals surface area contributed by atoms with Gasteiger partial charge in [0.15, 0.2) is 6.29 Å². The molecule has 1 rings (SSSR count). The van der Waals surface area contributed by atoms with Crippen molar-refractivity contribution in [1.29, 1.82) is 0 Å². The zero-order chi connectivity index (χ0) is 8.27. The Bertz CT molecular complexity index is 295. The van der Waals surface area contributed by atoms with Crippen molar-refractivity contribution < 1.29 is 14.3 Å². The van der Waals surface area contributed by atoms with Crippen molar-refractivity contribution in [2.24, 2.45) is 0 Å². The van der Waals surface area contributed by atoms with Crippen molar-refractivity contribution in [2.75, 3.05) is 0 Å². The molecular weight excluding hydrogens is 163 g/mol. The van der Waals surface area contributed by atoms with E-state index in [1.807, 2.05) is 0 Å². The quantitative estimate of drug-likeness (QED) is 0.522. The normalized spacial score (nSPS) is 12.5. The second-order valence-electron chi connectivity index (χ2n) is 2.01. The summed E-state index contributed by atoms with van der Waals surface area (Å²) in [5.41, 5.74) is 0.291. The van der Waals surface area contributed by atoms with Crippen LogP contribution in [0.1, 0.15) is 10.4 Å². The molecule has 0 amide bonds. The first-order valence-corrected chi connectivity index (χ1v) is 4.38. The molecule has 1 N–H and O–H groups in total. The second kappa shape index (κ2) is 3.46. The minimum atomic E-state index is -2.74. The zero-order valence-corrected chi connectivity index (χ0v) is 6.65. The van der Waals surface area contributed by atoms with Gasteiger partial charge in [-0.05, 0) is 6.07 Å². The minimum absolute atomic E-state index is 0.229. The van der Waals surface area contributed by atoms with Crippen LogP contribution in [0, 0.1) is 0 Å². The monoisotopic (exact) mass is 170 g/mol. The lowest BCUT2D eigenvalue weighted by Gasteiger charge is -1.97. The smallest absolute Gasteiger partial charge is 0.218 e. The van der Waals surface area contributed by atoms with Gasteiger partial charge < -0.3 is 4.89 Å². The summed E-state index contributed by atoms with van der Waals surface area (Å²) in [6, 6.07) is 6.27. The fourth-order valence-corrected chi connectivity index (χ4v) is 1.42. The molecule has 1 aromatic rings. The standard InChI is InChI=1S/C7H7O3P/c8-5-6-3-1-2-4-7(6)11(9)10/h1-5,11H,(H,9,10). The van der Waals surface area contributed by atoms with Crippen LogP contribution in [0.2, 0.25) is 0 Å². The van der Waals surface area contributed by atoms with Crippen LogP contribution in [0.15, 0.2) is 24.3 Å². The van der Waals surface area contributed by atoms with Crippen LogP contribution in [-0.2, 0) is 4.57 Å². The molecular formula is C7H7O3P.